The summed E-state index contributed by atoms with van der Waals surface area (Å²) < 4.78 is 0. The van der Waals surface area contributed by atoms with Crippen molar-refractivity contribution in [3.63, 3.8) is 0 Å². The van der Waals surface area contributed by atoms with Crippen LogP contribution in [0.25, 0.3) is 11.1 Å². The van der Waals surface area contributed by atoms with Gasteiger partial charge in [0, 0.05) is 44.0 Å². The van der Waals surface area contributed by atoms with Crippen molar-refractivity contribution >= 4 is 12.0 Å². The van der Waals surface area contributed by atoms with Crippen LogP contribution in [-0.2, 0) is 6.54 Å². The SMILES string of the molecule is O=Cc1ccc(N2CCN(Cc3cccc(-c4ccccc4)c3)CC2)cc1. The van der Waals surface area contributed by atoms with E-state index in [0.29, 0.717) is 0 Å². The maximum absolute atomic E-state index is 10.8. The molecule has 1 saturated heterocycles. The van der Waals surface area contributed by atoms with Gasteiger partial charge in [-0.25, -0.2) is 0 Å². The van der Waals surface area contributed by atoms with Gasteiger partial charge in [0.25, 0.3) is 0 Å². The highest BCUT2D eigenvalue weighted by Crippen LogP contribution is 2.22. The molecule has 3 aromatic rings. The summed E-state index contributed by atoms with van der Waals surface area (Å²) in [5.74, 6) is 0. The first kappa shape index (κ1) is 17.5. The van der Waals surface area contributed by atoms with E-state index in [0.717, 1.165) is 44.6 Å². The maximum Gasteiger partial charge on any atom is 0.150 e. The van der Waals surface area contributed by atoms with E-state index in [1.807, 2.05) is 24.3 Å². The number of benzene rings is 3. The van der Waals surface area contributed by atoms with Crippen molar-refractivity contribution in [1.82, 2.24) is 4.90 Å². The van der Waals surface area contributed by atoms with E-state index in [1.54, 1.807) is 0 Å². The Labute approximate surface area is 160 Å². The lowest BCUT2D eigenvalue weighted by atomic mass is 10.0. The molecule has 0 aliphatic carbocycles. The summed E-state index contributed by atoms with van der Waals surface area (Å²) in [4.78, 5) is 15.7. The van der Waals surface area contributed by atoms with E-state index in [2.05, 4.69) is 64.4 Å². The molecule has 3 nitrogen and oxygen atoms in total. The number of piperazine rings is 1. The van der Waals surface area contributed by atoms with E-state index >= 15 is 0 Å². The number of hydrogen-bond donors (Lipinski definition) is 0. The van der Waals surface area contributed by atoms with Gasteiger partial charge in [-0.3, -0.25) is 9.69 Å². The van der Waals surface area contributed by atoms with Crippen LogP contribution in [0, 0.1) is 0 Å². The zero-order chi connectivity index (χ0) is 18.5. The number of anilines is 1. The normalized spacial score (nSPS) is 14.9. The van der Waals surface area contributed by atoms with Crippen molar-refractivity contribution in [2.45, 2.75) is 6.54 Å². The van der Waals surface area contributed by atoms with Gasteiger partial charge in [0.15, 0.2) is 0 Å². The lowest BCUT2D eigenvalue weighted by Gasteiger charge is -2.36. The number of carbonyl (C=O) groups excluding carboxylic acids is 1. The van der Waals surface area contributed by atoms with Crippen LogP contribution in [0.5, 0.6) is 0 Å². The molecule has 0 bridgehead atoms. The minimum absolute atomic E-state index is 0.732. The Hall–Kier alpha value is -2.91. The second kappa shape index (κ2) is 8.19. The smallest absolute Gasteiger partial charge is 0.150 e. The monoisotopic (exact) mass is 356 g/mol. The molecule has 0 aromatic heterocycles. The summed E-state index contributed by atoms with van der Waals surface area (Å²) >= 11 is 0. The summed E-state index contributed by atoms with van der Waals surface area (Å²) in [6.45, 7) is 5.10. The Morgan fingerprint density at radius 3 is 2.15 bits per heavy atom. The van der Waals surface area contributed by atoms with E-state index in [4.69, 9.17) is 0 Å². The Morgan fingerprint density at radius 1 is 0.741 bits per heavy atom. The van der Waals surface area contributed by atoms with Gasteiger partial charge < -0.3 is 4.90 Å². The Balaban J connectivity index is 1.37. The molecule has 0 spiro atoms. The second-order valence-electron chi connectivity index (χ2n) is 7.04. The maximum atomic E-state index is 10.8. The highest BCUT2D eigenvalue weighted by Gasteiger charge is 2.17. The van der Waals surface area contributed by atoms with Crippen LogP contribution in [-0.4, -0.2) is 37.4 Å². The fraction of sp³-hybridized carbons (Fsp3) is 0.208. The molecule has 1 fully saturated rings. The van der Waals surface area contributed by atoms with Crippen molar-refractivity contribution in [3.05, 3.63) is 90.0 Å². The quantitative estimate of drug-likeness (QED) is 0.630. The van der Waals surface area contributed by atoms with Crippen molar-refractivity contribution < 1.29 is 4.79 Å². The third-order valence-corrected chi connectivity index (χ3v) is 5.21. The van der Waals surface area contributed by atoms with Gasteiger partial charge in [-0.1, -0.05) is 48.5 Å². The zero-order valence-electron chi connectivity index (χ0n) is 15.4. The lowest BCUT2D eigenvalue weighted by molar-refractivity contribution is 0.112. The number of rotatable bonds is 5. The van der Waals surface area contributed by atoms with E-state index in [1.165, 1.54) is 22.4 Å². The zero-order valence-corrected chi connectivity index (χ0v) is 15.4. The third kappa shape index (κ3) is 4.26. The molecule has 0 saturated carbocycles. The average molecular weight is 356 g/mol. The first-order chi connectivity index (χ1) is 13.3. The molecule has 27 heavy (non-hydrogen) atoms. The molecule has 0 amide bonds. The minimum Gasteiger partial charge on any atom is -0.369 e. The Kier molecular flexibility index (Phi) is 5.31. The molecule has 3 heteroatoms. The van der Waals surface area contributed by atoms with Crippen LogP contribution < -0.4 is 4.90 Å². The summed E-state index contributed by atoms with van der Waals surface area (Å²) in [7, 11) is 0. The average Bonchev–Trinajstić information content (AvgIpc) is 2.75. The number of hydrogen-bond acceptors (Lipinski definition) is 3. The van der Waals surface area contributed by atoms with Crippen molar-refractivity contribution in [3.8, 4) is 11.1 Å². The molecular formula is C24H24N2O. The van der Waals surface area contributed by atoms with Crippen LogP contribution in [0.3, 0.4) is 0 Å². The van der Waals surface area contributed by atoms with Crippen LogP contribution in [0.2, 0.25) is 0 Å². The predicted molar refractivity (Wildman–Crippen MR) is 111 cm³/mol. The van der Waals surface area contributed by atoms with Crippen molar-refractivity contribution in [2.24, 2.45) is 0 Å². The molecule has 1 aliphatic rings. The van der Waals surface area contributed by atoms with Crippen molar-refractivity contribution in [1.29, 1.82) is 0 Å². The van der Waals surface area contributed by atoms with Gasteiger partial charge >= 0.3 is 0 Å². The lowest BCUT2D eigenvalue weighted by Crippen LogP contribution is -2.45. The predicted octanol–water partition coefficient (Wildman–Crippen LogP) is 4.49. The molecule has 136 valence electrons. The van der Waals surface area contributed by atoms with Gasteiger partial charge in [0.2, 0.25) is 0 Å². The molecule has 0 radical (unpaired) electrons. The molecule has 1 aliphatic heterocycles. The Morgan fingerprint density at radius 2 is 1.44 bits per heavy atom. The van der Waals surface area contributed by atoms with Crippen LogP contribution in [0.15, 0.2) is 78.9 Å². The largest absolute Gasteiger partial charge is 0.369 e. The summed E-state index contributed by atoms with van der Waals surface area (Å²) in [6.07, 6.45) is 0.894. The standard InChI is InChI=1S/C24H24N2O/c27-19-20-9-11-24(12-10-20)26-15-13-25(14-16-26)18-21-5-4-8-23(17-21)22-6-2-1-3-7-22/h1-12,17,19H,13-16,18H2. The van der Waals surface area contributed by atoms with Crippen LogP contribution in [0.1, 0.15) is 15.9 Å². The molecule has 3 aromatic carbocycles. The highest BCUT2D eigenvalue weighted by atomic mass is 16.1. The molecule has 4 rings (SSSR count). The summed E-state index contributed by atoms with van der Waals surface area (Å²) in [5.41, 5.74) is 5.84. The van der Waals surface area contributed by atoms with E-state index in [-0.39, 0.29) is 0 Å². The molecule has 0 atom stereocenters. The van der Waals surface area contributed by atoms with E-state index < -0.39 is 0 Å². The van der Waals surface area contributed by atoms with Crippen LogP contribution in [0.4, 0.5) is 5.69 Å². The number of nitrogens with zero attached hydrogens (tertiary/aromatic N) is 2. The minimum atomic E-state index is 0.732. The molecular weight excluding hydrogens is 332 g/mol. The van der Waals surface area contributed by atoms with E-state index in [9.17, 15) is 4.79 Å². The van der Waals surface area contributed by atoms with Gasteiger partial charge in [-0.2, -0.15) is 0 Å². The summed E-state index contributed by atoms with van der Waals surface area (Å²) in [6, 6.07) is 27.3. The molecule has 0 N–H and O–H groups in total. The van der Waals surface area contributed by atoms with Gasteiger partial charge in [0.1, 0.15) is 6.29 Å². The fourth-order valence-electron chi connectivity index (χ4n) is 3.67. The van der Waals surface area contributed by atoms with Crippen LogP contribution >= 0.6 is 0 Å². The van der Waals surface area contributed by atoms with Gasteiger partial charge in [0.05, 0.1) is 0 Å². The van der Waals surface area contributed by atoms with Gasteiger partial charge in [-0.15, -0.1) is 0 Å². The second-order valence-corrected chi connectivity index (χ2v) is 7.04. The number of carbonyl (C=O) groups is 1. The van der Waals surface area contributed by atoms with Crippen molar-refractivity contribution in [2.75, 3.05) is 31.1 Å². The third-order valence-electron chi connectivity index (χ3n) is 5.21. The molecule has 1 heterocycles. The first-order valence-corrected chi connectivity index (χ1v) is 9.49. The topological polar surface area (TPSA) is 23.6 Å². The first-order valence-electron chi connectivity index (χ1n) is 9.49. The Bertz CT molecular complexity index is 882. The summed E-state index contributed by atoms with van der Waals surface area (Å²) in [5, 5.41) is 0. The fourth-order valence-corrected chi connectivity index (χ4v) is 3.67. The highest BCUT2D eigenvalue weighted by molar-refractivity contribution is 5.75. The van der Waals surface area contributed by atoms with Gasteiger partial charge in [-0.05, 0) is 47.0 Å². The number of aldehydes is 1. The molecule has 0 unspecified atom stereocenters.